The van der Waals surface area contributed by atoms with Crippen molar-refractivity contribution in [2.45, 2.75) is 11.8 Å². The molecule has 154 valence electrons. The Balaban J connectivity index is 1.82. The molecule has 3 rings (SSSR count). The van der Waals surface area contributed by atoms with Crippen LogP contribution in [0.3, 0.4) is 0 Å². The second-order valence-corrected chi connectivity index (χ2v) is 9.29. The number of hydrogen-bond donors (Lipinski definition) is 1. The predicted octanol–water partition coefficient (Wildman–Crippen LogP) is 4.10. The second kappa shape index (κ2) is 9.69. The minimum Gasteiger partial charge on any atom is -0.271 e. The van der Waals surface area contributed by atoms with Crippen LogP contribution in [-0.2, 0) is 14.8 Å². The van der Waals surface area contributed by atoms with Crippen LogP contribution in [-0.4, -0.2) is 27.1 Å². The fraction of sp³-hybridized carbons (Fsp3) is 0.0909. The molecule has 0 atom stereocenters. The molecule has 30 heavy (non-hydrogen) atoms. The van der Waals surface area contributed by atoms with Gasteiger partial charge in [-0.3, -0.25) is 9.10 Å². The Morgan fingerprint density at radius 1 is 1.03 bits per heavy atom. The summed E-state index contributed by atoms with van der Waals surface area (Å²) in [5, 5.41) is 3.93. The van der Waals surface area contributed by atoms with E-state index in [0.29, 0.717) is 10.2 Å². The molecule has 6 nitrogen and oxygen atoms in total. The van der Waals surface area contributed by atoms with Gasteiger partial charge < -0.3 is 0 Å². The Hall–Kier alpha value is -2.97. The minimum absolute atomic E-state index is 0.0981. The van der Waals surface area contributed by atoms with Crippen molar-refractivity contribution in [3.63, 3.8) is 0 Å². The maximum Gasteiger partial charge on any atom is 0.264 e. The molecule has 0 unspecified atom stereocenters. The SMILES string of the molecule is Cc1ccc(/C=N\NC(=O)CN(c2cccc(Br)c2)S(=O)(=O)c2ccccc2)cc1. The normalized spacial score (nSPS) is 11.4. The summed E-state index contributed by atoms with van der Waals surface area (Å²) in [5.41, 5.74) is 4.70. The predicted molar refractivity (Wildman–Crippen MR) is 122 cm³/mol. The van der Waals surface area contributed by atoms with Crippen molar-refractivity contribution in [3.05, 3.63) is 94.5 Å². The second-order valence-electron chi connectivity index (χ2n) is 6.51. The lowest BCUT2D eigenvalue weighted by Gasteiger charge is -2.23. The van der Waals surface area contributed by atoms with Gasteiger partial charge >= 0.3 is 0 Å². The van der Waals surface area contributed by atoms with E-state index >= 15 is 0 Å². The summed E-state index contributed by atoms with van der Waals surface area (Å²) in [7, 11) is -3.95. The molecule has 0 fully saturated rings. The van der Waals surface area contributed by atoms with Crippen molar-refractivity contribution in [1.82, 2.24) is 5.43 Å². The van der Waals surface area contributed by atoms with E-state index in [1.807, 2.05) is 31.2 Å². The largest absolute Gasteiger partial charge is 0.271 e. The molecule has 0 saturated heterocycles. The van der Waals surface area contributed by atoms with E-state index in [0.717, 1.165) is 15.4 Å². The minimum atomic E-state index is -3.95. The Morgan fingerprint density at radius 2 is 1.73 bits per heavy atom. The van der Waals surface area contributed by atoms with Gasteiger partial charge in [-0.15, -0.1) is 0 Å². The molecule has 0 aliphatic carbocycles. The molecule has 0 aliphatic heterocycles. The van der Waals surface area contributed by atoms with Crippen LogP contribution in [0.1, 0.15) is 11.1 Å². The summed E-state index contributed by atoms with van der Waals surface area (Å²) in [6.45, 7) is 1.56. The number of nitrogens with zero attached hydrogens (tertiary/aromatic N) is 2. The lowest BCUT2D eigenvalue weighted by molar-refractivity contribution is -0.119. The van der Waals surface area contributed by atoms with Crippen LogP contribution < -0.4 is 9.73 Å². The van der Waals surface area contributed by atoms with E-state index in [4.69, 9.17) is 0 Å². The van der Waals surface area contributed by atoms with Crippen molar-refractivity contribution in [1.29, 1.82) is 0 Å². The number of aryl methyl sites for hydroxylation is 1. The van der Waals surface area contributed by atoms with Gasteiger partial charge in [-0.2, -0.15) is 5.10 Å². The third kappa shape index (κ3) is 5.55. The van der Waals surface area contributed by atoms with Gasteiger partial charge in [-0.05, 0) is 42.8 Å². The zero-order chi connectivity index (χ0) is 21.6. The highest BCUT2D eigenvalue weighted by Gasteiger charge is 2.27. The average molecular weight is 486 g/mol. The van der Waals surface area contributed by atoms with Gasteiger partial charge in [0, 0.05) is 4.47 Å². The van der Waals surface area contributed by atoms with E-state index in [1.165, 1.54) is 18.3 Å². The van der Waals surface area contributed by atoms with Crippen LogP contribution in [0.25, 0.3) is 0 Å². The van der Waals surface area contributed by atoms with Gasteiger partial charge in [0.2, 0.25) is 0 Å². The number of benzene rings is 3. The first-order chi connectivity index (χ1) is 14.4. The Kier molecular flexibility index (Phi) is 7.02. The van der Waals surface area contributed by atoms with Gasteiger partial charge in [-0.25, -0.2) is 13.8 Å². The van der Waals surface area contributed by atoms with Gasteiger partial charge in [0.05, 0.1) is 16.8 Å². The van der Waals surface area contributed by atoms with Gasteiger partial charge in [0.15, 0.2) is 0 Å². The highest BCUT2D eigenvalue weighted by molar-refractivity contribution is 9.10. The molecule has 0 spiro atoms. The maximum absolute atomic E-state index is 13.2. The molecule has 3 aromatic carbocycles. The third-order valence-corrected chi connectivity index (χ3v) is 6.48. The summed E-state index contributed by atoms with van der Waals surface area (Å²) in [6, 6.07) is 22.4. The van der Waals surface area contributed by atoms with Crippen LogP contribution in [0.2, 0.25) is 0 Å². The van der Waals surface area contributed by atoms with E-state index in [-0.39, 0.29) is 4.90 Å². The zero-order valence-electron chi connectivity index (χ0n) is 16.2. The van der Waals surface area contributed by atoms with Crippen LogP contribution in [0.4, 0.5) is 5.69 Å². The molecule has 8 heteroatoms. The number of carbonyl (C=O) groups is 1. The van der Waals surface area contributed by atoms with Gasteiger partial charge in [0.25, 0.3) is 15.9 Å². The molecule has 0 heterocycles. The fourth-order valence-electron chi connectivity index (χ4n) is 2.66. The number of halogens is 1. The zero-order valence-corrected chi connectivity index (χ0v) is 18.6. The lowest BCUT2D eigenvalue weighted by atomic mass is 10.2. The summed E-state index contributed by atoms with van der Waals surface area (Å²) >= 11 is 3.35. The lowest BCUT2D eigenvalue weighted by Crippen LogP contribution is -2.39. The van der Waals surface area contributed by atoms with Crippen LogP contribution in [0.5, 0.6) is 0 Å². The molecular formula is C22H20BrN3O3S. The summed E-state index contributed by atoms with van der Waals surface area (Å²) in [5.74, 6) is -0.558. The molecule has 0 radical (unpaired) electrons. The summed E-state index contributed by atoms with van der Waals surface area (Å²) in [6.07, 6.45) is 1.51. The first-order valence-corrected chi connectivity index (χ1v) is 11.3. The molecule has 1 N–H and O–H groups in total. The van der Waals surface area contributed by atoms with Crippen molar-refractivity contribution in [2.75, 3.05) is 10.8 Å². The number of carbonyl (C=O) groups excluding carboxylic acids is 1. The molecule has 0 saturated carbocycles. The highest BCUT2D eigenvalue weighted by atomic mass is 79.9. The quantitative estimate of drug-likeness (QED) is 0.404. The number of sulfonamides is 1. The fourth-order valence-corrected chi connectivity index (χ4v) is 4.48. The van der Waals surface area contributed by atoms with Crippen molar-refractivity contribution >= 4 is 43.8 Å². The average Bonchev–Trinajstić information content (AvgIpc) is 2.74. The molecular weight excluding hydrogens is 466 g/mol. The smallest absolute Gasteiger partial charge is 0.264 e. The number of hydrazone groups is 1. The molecule has 1 amide bonds. The van der Waals surface area contributed by atoms with E-state index in [1.54, 1.807) is 42.5 Å². The monoisotopic (exact) mass is 485 g/mol. The Morgan fingerprint density at radius 3 is 2.40 bits per heavy atom. The number of anilines is 1. The number of amides is 1. The first kappa shape index (κ1) is 21.7. The summed E-state index contributed by atoms with van der Waals surface area (Å²) in [4.78, 5) is 12.6. The topological polar surface area (TPSA) is 78.8 Å². The van der Waals surface area contributed by atoms with E-state index in [2.05, 4.69) is 26.5 Å². The molecule has 3 aromatic rings. The number of nitrogens with one attached hydrogen (secondary N) is 1. The number of rotatable bonds is 7. The van der Waals surface area contributed by atoms with Gasteiger partial charge in [0.1, 0.15) is 6.54 Å². The highest BCUT2D eigenvalue weighted by Crippen LogP contribution is 2.26. The van der Waals surface area contributed by atoms with Crippen molar-refractivity contribution < 1.29 is 13.2 Å². The standard InChI is InChI=1S/C22H20BrN3O3S/c1-17-10-12-18(13-11-17)15-24-25-22(27)16-26(20-7-5-6-19(23)14-20)30(28,29)21-8-3-2-4-9-21/h2-15H,16H2,1H3,(H,25,27)/b24-15-. The first-order valence-electron chi connectivity index (χ1n) is 9.08. The van der Waals surface area contributed by atoms with Crippen molar-refractivity contribution in [2.24, 2.45) is 5.10 Å². The van der Waals surface area contributed by atoms with Gasteiger partial charge in [-0.1, -0.05) is 70.0 Å². The molecule has 0 aromatic heterocycles. The van der Waals surface area contributed by atoms with Crippen molar-refractivity contribution in [3.8, 4) is 0 Å². The molecule has 0 bridgehead atoms. The summed E-state index contributed by atoms with van der Waals surface area (Å²) < 4.78 is 28.2. The van der Waals surface area contributed by atoms with Crippen LogP contribution in [0, 0.1) is 6.92 Å². The third-order valence-electron chi connectivity index (χ3n) is 4.19. The maximum atomic E-state index is 13.2. The number of hydrogen-bond acceptors (Lipinski definition) is 4. The van der Waals surface area contributed by atoms with Crippen LogP contribution in [0.15, 0.2) is 93.3 Å². The Labute approximate surface area is 184 Å². The molecule has 0 aliphatic rings. The van der Waals surface area contributed by atoms with Crippen LogP contribution >= 0.6 is 15.9 Å². The Bertz CT molecular complexity index is 1150. The van der Waals surface area contributed by atoms with E-state index < -0.39 is 22.5 Å². The van der Waals surface area contributed by atoms with E-state index in [9.17, 15) is 13.2 Å².